The number of nitrogens with one attached hydrogen (secondary N) is 2. The lowest BCUT2D eigenvalue weighted by Gasteiger charge is -2.25. The SMILES string of the molecule is C[C@@H](OC(=O)C[C@H]1Oc2ccccc2NC1=O)C(=O)N[C@H]1CCS(=O)(=O)C1. The lowest BCUT2D eigenvalue weighted by Crippen LogP contribution is -2.43. The van der Waals surface area contributed by atoms with Gasteiger partial charge in [0.2, 0.25) is 0 Å². The Balaban J connectivity index is 1.50. The van der Waals surface area contributed by atoms with Crippen LogP contribution in [0.4, 0.5) is 5.69 Å². The first-order valence-corrected chi connectivity index (χ1v) is 10.3. The van der Waals surface area contributed by atoms with E-state index in [1.54, 1.807) is 24.3 Å². The van der Waals surface area contributed by atoms with Gasteiger partial charge in [-0.1, -0.05) is 12.1 Å². The predicted molar refractivity (Wildman–Crippen MR) is 94.9 cm³/mol. The summed E-state index contributed by atoms with van der Waals surface area (Å²) in [4.78, 5) is 36.2. The molecule has 2 aliphatic heterocycles. The van der Waals surface area contributed by atoms with Gasteiger partial charge in [-0.3, -0.25) is 14.4 Å². The molecule has 0 spiro atoms. The second-order valence-electron chi connectivity index (χ2n) is 6.54. The lowest BCUT2D eigenvalue weighted by molar-refractivity contribution is -0.157. The first-order valence-electron chi connectivity index (χ1n) is 8.50. The molecule has 27 heavy (non-hydrogen) atoms. The molecule has 0 saturated carbocycles. The van der Waals surface area contributed by atoms with Crippen LogP contribution in [0.2, 0.25) is 0 Å². The van der Waals surface area contributed by atoms with Crippen molar-refractivity contribution in [3.8, 4) is 5.75 Å². The summed E-state index contributed by atoms with van der Waals surface area (Å²) in [5.41, 5.74) is 0.520. The smallest absolute Gasteiger partial charge is 0.310 e. The van der Waals surface area contributed by atoms with E-state index in [0.717, 1.165) is 0 Å². The van der Waals surface area contributed by atoms with Gasteiger partial charge in [-0.15, -0.1) is 0 Å². The van der Waals surface area contributed by atoms with Crippen molar-refractivity contribution in [1.29, 1.82) is 0 Å². The van der Waals surface area contributed by atoms with Gasteiger partial charge in [-0.25, -0.2) is 8.42 Å². The fourth-order valence-electron chi connectivity index (χ4n) is 2.90. The number of fused-ring (bicyclic) bond motifs is 1. The number of benzene rings is 1. The fraction of sp³-hybridized carbons (Fsp3) is 0.471. The Hall–Kier alpha value is -2.62. The number of sulfone groups is 1. The molecule has 0 radical (unpaired) electrons. The van der Waals surface area contributed by atoms with Crippen molar-refractivity contribution in [3.63, 3.8) is 0 Å². The highest BCUT2D eigenvalue weighted by molar-refractivity contribution is 7.91. The van der Waals surface area contributed by atoms with Crippen LogP contribution in [0.25, 0.3) is 0 Å². The molecule has 1 fully saturated rings. The highest BCUT2D eigenvalue weighted by Crippen LogP contribution is 2.29. The van der Waals surface area contributed by atoms with Gasteiger partial charge in [-0.2, -0.15) is 0 Å². The van der Waals surface area contributed by atoms with E-state index < -0.39 is 45.9 Å². The Bertz CT molecular complexity index is 868. The molecule has 2 amide bonds. The van der Waals surface area contributed by atoms with E-state index in [0.29, 0.717) is 17.9 Å². The molecule has 1 saturated heterocycles. The summed E-state index contributed by atoms with van der Waals surface area (Å²) >= 11 is 0. The van der Waals surface area contributed by atoms with E-state index in [1.165, 1.54) is 6.92 Å². The van der Waals surface area contributed by atoms with Gasteiger partial charge in [0.25, 0.3) is 11.8 Å². The van der Waals surface area contributed by atoms with Crippen LogP contribution < -0.4 is 15.4 Å². The number of amides is 2. The lowest BCUT2D eigenvalue weighted by atomic mass is 10.1. The third kappa shape index (κ3) is 4.76. The summed E-state index contributed by atoms with van der Waals surface area (Å²) in [6, 6.07) is 6.34. The number of carbonyl (C=O) groups excluding carboxylic acids is 3. The summed E-state index contributed by atoms with van der Waals surface area (Å²) in [6.07, 6.45) is -2.18. The first-order chi connectivity index (χ1) is 12.7. The molecule has 3 rings (SSSR count). The number of ether oxygens (including phenoxy) is 2. The Morgan fingerprint density at radius 2 is 2.11 bits per heavy atom. The zero-order valence-corrected chi connectivity index (χ0v) is 15.5. The molecule has 1 aromatic carbocycles. The third-order valence-electron chi connectivity index (χ3n) is 4.31. The molecular formula is C17H20N2O7S. The summed E-state index contributed by atoms with van der Waals surface area (Å²) in [5, 5.41) is 5.20. The number of rotatable bonds is 5. The maximum atomic E-state index is 12.1. The van der Waals surface area contributed by atoms with Crippen LogP contribution in [0.15, 0.2) is 24.3 Å². The van der Waals surface area contributed by atoms with Crippen molar-refractivity contribution < 1.29 is 32.3 Å². The molecule has 3 atom stereocenters. The Kier molecular flexibility index (Phi) is 5.36. The second kappa shape index (κ2) is 7.55. The molecule has 2 heterocycles. The molecule has 146 valence electrons. The van der Waals surface area contributed by atoms with Gasteiger partial charge in [-0.05, 0) is 25.5 Å². The average Bonchev–Trinajstić information content (AvgIpc) is 2.94. The highest BCUT2D eigenvalue weighted by atomic mass is 32.2. The van der Waals surface area contributed by atoms with Crippen molar-refractivity contribution >= 4 is 33.3 Å². The number of para-hydroxylation sites is 2. The molecule has 0 aliphatic carbocycles. The van der Waals surface area contributed by atoms with Crippen LogP contribution in [0.1, 0.15) is 19.8 Å². The van der Waals surface area contributed by atoms with E-state index in [-0.39, 0.29) is 17.9 Å². The van der Waals surface area contributed by atoms with Crippen molar-refractivity contribution in [2.24, 2.45) is 0 Å². The molecule has 0 aromatic heterocycles. The van der Waals surface area contributed by atoms with Gasteiger partial charge in [0.1, 0.15) is 5.75 Å². The van der Waals surface area contributed by atoms with E-state index in [4.69, 9.17) is 9.47 Å². The quantitative estimate of drug-likeness (QED) is 0.671. The summed E-state index contributed by atoms with van der Waals surface area (Å²) in [6.45, 7) is 1.38. The molecule has 1 aromatic rings. The minimum atomic E-state index is -3.12. The van der Waals surface area contributed by atoms with Gasteiger partial charge in [0.15, 0.2) is 22.0 Å². The van der Waals surface area contributed by atoms with Crippen LogP contribution >= 0.6 is 0 Å². The standard InChI is InChI=1S/C17H20N2O7S/c1-10(16(21)18-11-6-7-27(23,24)9-11)25-15(20)8-14-17(22)19-12-4-2-3-5-13(12)26-14/h2-5,10-11,14H,6-9H2,1H3,(H,18,21)(H,19,22)/t10-,11+,14-/m1/s1. The number of anilines is 1. The number of carbonyl (C=O) groups is 3. The van der Waals surface area contributed by atoms with E-state index in [1.807, 2.05) is 0 Å². The minimum Gasteiger partial charge on any atom is -0.478 e. The summed E-state index contributed by atoms with van der Waals surface area (Å²) < 4.78 is 33.4. The Labute approximate surface area is 156 Å². The highest BCUT2D eigenvalue weighted by Gasteiger charge is 2.33. The zero-order valence-electron chi connectivity index (χ0n) is 14.6. The van der Waals surface area contributed by atoms with Crippen molar-refractivity contribution in [2.45, 2.75) is 38.0 Å². The van der Waals surface area contributed by atoms with Crippen LogP contribution in [0.5, 0.6) is 5.75 Å². The molecule has 9 nitrogen and oxygen atoms in total. The van der Waals surface area contributed by atoms with Crippen molar-refractivity contribution in [1.82, 2.24) is 5.32 Å². The van der Waals surface area contributed by atoms with Crippen LogP contribution in [-0.4, -0.2) is 56.0 Å². The second-order valence-corrected chi connectivity index (χ2v) is 8.77. The first kappa shape index (κ1) is 19.2. The summed E-state index contributed by atoms with van der Waals surface area (Å²) in [7, 11) is -3.12. The molecular weight excluding hydrogens is 376 g/mol. The molecule has 0 bridgehead atoms. The Morgan fingerprint density at radius 1 is 1.37 bits per heavy atom. The average molecular weight is 396 g/mol. The van der Waals surface area contributed by atoms with Gasteiger partial charge >= 0.3 is 5.97 Å². The maximum Gasteiger partial charge on any atom is 0.310 e. The van der Waals surface area contributed by atoms with Crippen molar-refractivity contribution in [2.75, 3.05) is 16.8 Å². The number of esters is 1. The van der Waals surface area contributed by atoms with Gasteiger partial charge in [0.05, 0.1) is 23.6 Å². The van der Waals surface area contributed by atoms with Crippen LogP contribution in [0, 0.1) is 0 Å². The van der Waals surface area contributed by atoms with Gasteiger partial charge in [0, 0.05) is 6.04 Å². The number of hydrogen-bond donors (Lipinski definition) is 2. The van der Waals surface area contributed by atoms with Gasteiger partial charge < -0.3 is 20.1 Å². The minimum absolute atomic E-state index is 0.0295. The van der Waals surface area contributed by atoms with E-state index in [9.17, 15) is 22.8 Å². The van der Waals surface area contributed by atoms with E-state index >= 15 is 0 Å². The normalized spacial score (nSPS) is 24.1. The molecule has 0 unspecified atom stereocenters. The van der Waals surface area contributed by atoms with Crippen LogP contribution in [0.3, 0.4) is 0 Å². The number of hydrogen-bond acceptors (Lipinski definition) is 7. The van der Waals surface area contributed by atoms with Crippen LogP contribution in [-0.2, 0) is 29.0 Å². The Morgan fingerprint density at radius 3 is 2.81 bits per heavy atom. The third-order valence-corrected chi connectivity index (χ3v) is 6.08. The molecule has 2 N–H and O–H groups in total. The maximum absolute atomic E-state index is 12.1. The monoisotopic (exact) mass is 396 g/mol. The van der Waals surface area contributed by atoms with Crippen molar-refractivity contribution in [3.05, 3.63) is 24.3 Å². The topological polar surface area (TPSA) is 128 Å². The molecule has 10 heteroatoms. The largest absolute Gasteiger partial charge is 0.478 e. The molecule has 2 aliphatic rings. The predicted octanol–water partition coefficient (Wildman–Crippen LogP) is 0.0112. The van der Waals surface area contributed by atoms with E-state index in [2.05, 4.69) is 10.6 Å². The zero-order chi connectivity index (χ0) is 19.6. The fourth-order valence-corrected chi connectivity index (χ4v) is 4.58. The summed E-state index contributed by atoms with van der Waals surface area (Å²) in [5.74, 6) is -1.46.